The topological polar surface area (TPSA) is 58.4 Å². The highest BCUT2D eigenvalue weighted by molar-refractivity contribution is 5.84. The largest absolute Gasteiger partial charge is 0.368 e. The molecule has 0 aromatic carbocycles. The van der Waals surface area contributed by atoms with Gasteiger partial charge in [0.15, 0.2) is 0 Å². The van der Waals surface area contributed by atoms with Crippen LogP contribution in [0.2, 0.25) is 0 Å². The molecule has 0 fully saturated rings. The van der Waals surface area contributed by atoms with E-state index in [1.54, 1.807) is 7.05 Å². The number of carbonyl (C=O) groups is 1. The van der Waals surface area contributed by atoms with E-state index in [2.05, 4.69) is 38.0 Å². The fraction of sp³-hybridized carbons (Fsp3) is 0.929. The molecule has 0 radical (unpaired) electrons. The van der Waals surface area contributed by atoms with E-state index in [4.69, 9.17) is 5.73 Å². The van der Waals surface area contributed by atoms with E-state index in [1.807, 2.05) is 6.92 Å². The van der Waals surface area contributed by atoms with Crippen LogP contribution in [0.4, 0.5) is 0 Å². The quantitative estimate of drug-likeness (QED) is 0.659. The van der Waals surface area contributed by atoms with E-state index in [-0.39, 0.29) is 5.91 Å². The minimum absolute atomic E-state index is 0.275. The van der Waals surface area contributed by atoms with Gasteiger partial charge in [-0.15, -0.1) is 0 Å². The van der Waals surface area contributed by atoms with Gasteiger partial charge in [-0.1, -0.05) is 13.8 Å². The molecular formula is C14H31N3O. The number of hydrogen-bond donors (Lipinski definition) is 2. The van der Waals surface area contributed by atoms with Crippen molar-refractivity contribution in [3.05, 3.63) is 0 Å². The zero-order valence-electron chi connectivity index (χ0n) is 12.9. The Bertz CT molecular complexity index is 255. The first-order valence-corrected chi connectivity index (χ1v) is 6.92. The molecule has 0 aliphatic rings. The van der Waals surface area contributed by atoms with E-state index < -0.39 is 5.54 Å². The van der Waals surface area contributed by atoms with Crippen LogP contribution in [0.3, 0.4) is 0 Å². The van der Waals surface area contributed by atoms with Gasteiger partial charge < -0.3 is 16.0 Å². The smallest absolute Gasteiger partial charge is 0.237 e. The molecule has 3 N–H and O–H groups in total. The highest BCUT2D eigenvalue weighted by Gasteiger charge is 2.28. The summed E-state index contributed by atoms with van der Waals surface area (Å²) in [6.07, 6.45) is 2.95. The molecule has 0 aromatic heterocycles. The minimum Gasteiger partial charge on any atom is -0.368 e. The summed E-state index contributed by atoms with van der Waals surface area (Å²) in [6, 6.07) is 0.583. The Labute approximate surface area is 112 Å². The fourth-order valence-electron chi connectivity index (χ4n) is 2.14. The van der Waals surface area contributed by atoms with E-state index in [0.717, 1.165) is 25.3 Å². The van der Waals surface area contributed by atoms with Crippen molar-refractivity contribution >= 4 is 5.91 Å². The Kier molecular flexibility index (Phi) is 7.48. The summed E-state index contributed by atoms with van der Waals surface area (Å²) >= 11 is 0. The first-order chi connectivity index (χ1) is 8.23. The van der Waals surface area contributed by atoms with Gasteiger partial charge in [-0.3, -0.25) is 4.79 Å². The number of carbonyl (C=O) groups excluding carboxylic acids is 1. The van der Waals surface area contributed by atoms with Gasteiger partial charge in [-0.25, -0.2) is 0 Å². The van der Waals surface area contributed by atoms with Crippen LogP contribution in [0.25, 0.3) is 0 Å². The maximum Gasteiger partial charge on any atom is 0.237 e. The molecule has 108 valence electrons. The molecular weight excluding hydrogens is 226 g/mol. The van der Waals surface area contributed by atoms with Crippen LogP contribution in [0.1, 0.15) is 47.0 Å². The maximum atomic E-state index is 11.4. The lowest BCUT2D eigenvalue weighted by atomic mass is 9.95. The van der Waals surface area contributed by atoms with Crippen molar-refractivity contribution in [2.75, 3.05) is 20.6 Å². The lowest BCUT2D eigenvalue weighted by molar-refractivity contribution is -0.123. The van der Waals surface area contributed by atoms with Crippen LogP contribution < -0.4 is 11.1 Å². The standard InChI is InChI=1S/C14H31N3O/c1-11(2)10-12(3)17(6)9-7-8-14(4,16-5)13(15)18/h11-12,16H,7-10H2,1-6H3,(H2,15,18). The molecule has 0 bridgehead atoms. The van der Waals surface area contributed by atoms with E-state index >= 15 is 0 Å². The van der Waals surface area contributed by atoms with Crippen LogP contribution in [0.15, 0.2) is 0 Å². The average Bonchev–Trinajstić information content (AvgIpc) is 2.27. The van der Waals surface area contributed by atoms with Crippen LogP contribution in [-0.4, -0.2) is 43.0 Å². The van der Waals surface area contributed by atoms with Gasteiger partial charge in [0.25, 0.3) is 0 Å². The van der Waals surface area contributed by atoms with Crippen molar-refractivity contribution in [2.24, 2.45) is 11.7 Å². The molecule has 0 saturated carbocycles. The predicted molar refractivity (Wildman–Crippen MR) is 77.4 cm³/mol. The van der Waals surface area contributed by atoms with Gasteiger partial charge in [-0.2, -0.15) is 0 Å². The number of amides is 1. The highest BCUT2D eigenvalue weighted by Crippen LogP contribution is 2.14. The summed E-state index contributed by atoms with van der Waals surface area (Å²) < 4.78 is 0. The van der Waals surface area contributed by atoms with E-state index in [0.29, 0.717) is 6.04 Å². The van der Waals surface area contributed by atoms with Crippen molar-refractivity contribution in [3.63, 3.8) is 0 Å². The Hall–Kier alpha value is -0.610. The Morgan fingerprint density at radius 2 is 1.94 bits per heavy atom. The lowest BCUT2D eigenvalue weighted by Crippen LogP contribution is -2.51. The lowest BCUT2D eigenvalue weighted by Gasteiger charge is -2.29. The van der Waals surface area contributed by atoms with E-state index in [9.17, 15) is 4.79 Å². The van der Waals surface area contributed by atoms with Crippen molar-refractivity contribution in [2.45, 2.75) is 58.5 Å². The van der Waals surface area contributed by atoms with Crippen LogP contribution >= 0.6 is 0 Å². The molecule has 4 nitrogen and oxygen atoms in total. The summed E-state index contributed by atoms with van der Waals surface area (Å²) in [5.41, 5.74) is 4.83. The summed E-state index contributed by atoms with van der Waals surface area (Å²) in [6.45, 7) is 9.61. The zero-order chi connectivity index (χ0) is 14.3. The Morgan fingerprint density at radius 1 is 1.39 bits per heavy atom. The van der Waals surface area contributed by atoms with E-state index in [1.165, 1.54) is 6.42 Å². The zero-order valence-corrected chi connectivity index (χ0v) is 12.9. The van der Waals surface area contributed by atoms with Gasteiger partial charge in [-0.05, 0) is 59.7 Å². The number of nitrogens with one attached hydrogen (secondary N) is 1. The second kappa shape index (κ2) is 7.74. The van der Waals surface area contributed by atoms with Gasteiger partial charge in [0, 0.05) is 6.04 Å². The summed E-state index contributed by atoms with van der Waals surface area (Å²) in [7, 11) is 3.93. The molecule has 0 aromatic rings. The van der Waals surface area contributed by atoms with Gasteiger partial charge in [0.2, 0.25) is 5.91 Å². The third-order valence-electron chi connectivity index (χ3n) is 3.85. The third-order valence-corrected chi connectivity index (χ3v) is 3.85. The highest BCUT2D eigenvalue weighted by atomic mass is 16.1. The van der Waals surface area contributed by atoms with Crippen molar-refractivity contribution in [3.8, 4) is 0 Å². The van der Waals surface area contributed by atoms with Crippen molar-refractivity contribution in [1.29, 1.82) is 0 Å². The molecule has 2 atom stereocenters. The summed E-state index contributed by atoms with van der Waals surface area (Å²) in [5, 5.41) is 3.02. The van der Waals surface area contributed by atoms with Crippen LogP contribution in [0.5, 0.6) is 0 Å². The van der Waals surface area contributed by atoms with Gasteiger partial charge >= 0.3 is 0 Å². The molecule has 0 aliphatic carbocycles. The Balaban J connectivity index is 4.07. The fourth-order valence-corrected chi connectivity index (χ4v) is 2.14. The second-order valence-corrected chi connectivity index (χ2v) is 6.01. The molecule has 0 heterocycles. The van der Waals surface area contributed by atoms with Crippen molar-refractivity contribution in [1.82, 2.24) is 10.2 Å². The first-order valence-electron chi connectivity index (χ1n) is 6.92. The van der Waals surface area contributed by atoms with Crippen LogP contribution in [-0.2, 0) is 4.79 Å². The Morgan fingerprint density at radius 3 is 2.33 bits per heavy atom. The van der Waals surface area contributed by atoms with Gasteiger partial charge in [0.1, 0.15) is 0 Å². The number of nitrogens with zero attached hydrogens (tertiary/aromatic N) is 1. The number of hydrogen-bond acceptors (Lipinski definition) is 3. The molecule has 4 heteroatoms. The number of rotatable bonds is 9. The number of likely N-dealkylation sites (N-methyl/N-ethyl adjacent to an activating group) is 1. The summed E-state index contributed by atoms with van der Waals surface area (Å²) in [5.74, 6) is 0.443. The number of nitrogens with two attached hydrogens (primary N) is 1. The van der Waals surface area contributed by atoms with Crippen molar-refractivity contribution < 1.29 is 4.79 Å². The van der Waals surface area contributed by atoms with Gasteiger partial charge in [0.05, 0.1) is 5.54 Å². The maximum absolute atomic E-state index is 11.4. The monoisotopic (exact) mass is 257 g/mol. The molecule has 2 unspecified atom stereocenters. The third kappa shape index (κ3) is 5.83. The minimum atomic E-state index is -0.581. The molecule has 1 amide bonds. The normalized spacial score (nSPS) is 16.9. The molecule has 0 saturated heterocycles. The second-order valence-electron chi connectivity index (χ2n) is 6.01. The SMILES string of the molecule is CNC(C)(CCCN(C)C(C)CC(C)C)C(N)=O. The summed E-state index contributed by atoms with van der Waals surface area (Å²) in [4.78, 5) is 13.7. The molecule has 0 rings (SSSR count). The predicted octanol–water partition coefficient (Wildman–Crippen LogP) is 1.60. The average molecular weight is 257 g/mol. The molecule has 18 heavy (non-hydrogen) atoms. The first kappa shape index (κ1) is 17.4. The molecule has 0 spiro atoms. The molecule has 0 aliphatic heterocycles. The van der Waals surface area contributed by atoms with Crippen LogP contribution in [0, 0.1) is 5.92 Å². The number of primary amides is 1.